The van der Waals surface area contributed by atoms with Crippen molar-refractivity contribution in [1.82, 2.24) is 5.32 Å². The highest BCUT2D eigenvalue weighted by atomic mass is 35.5. The number of benzene rings is 1. The zero-order chi connectivity index (χ0) is 10.9. The van der Waals surface area contributed by atoms with Crippen LogP contribution in [0.4, 0.5) is 0 Å². The fourth-order valence-corrected chi connectivity index (χ4v) is 1.89. The van der Waals surface area contributed by atoms with Crippen molar-refractivity contribution in [3.05, 3.63) is 34.9 Å². The van der Waals surface area contributed by atoms with E-state index in [-0.39, 0.29) is 0 Å². The van der Waals surface area contributed by atoms with Crippen LogP contribution in [0.1, 0.15) is 5.56 Å². The van der Waals surface area contributed by atoms with Gasteiger partial charge in [-0.05, 0) is 11.6 Å². The predicted octanol–water partition coefficient (Wildman–Crippen LogP) is 2.80. The van der Waals surface area contributed by atoms with Gasteiger partial charge in [0.25, 0.3) is 0 Å². The third-order valence-corrected chi connectivity index (χ3v) is 3.11. The molecule has 0 saturated carbocycles. The third-order valence-electron chi connectivity index (χ3n) is 1.88. The van der Waals surface area contributed by atoms with Gasteiger partial charge in [0.15, 0.2) is 0 Å². The molecular weight excluding hydrogens is 226 g/mol. The second-order valence-corrected chi connectivity index (χ2v) is 4.54. The maximum absolute atomic E-state index is 6.02. The Bertz CT molecular complexity index is 333. The maximum Gasteiger partial charge on any atom is 0.0545 e. The first-order valence-corrected chi connectivity index (χ1v) is 6.33. The molecule has 0 radical (unpaired) electrons. The molecule has 1 rings (SSSR count). The topological polar surface area (TPSA) is 12.0 Å². The summed E-state index contributed by atoms with van der Waals surface area (Å²) >= 11 is 7.78. The Hall–Kier alpha value is -0.620. The summed E-state index contributed by atoms with van der Waals surface area (Å²) in [4.78, 5) is 0. The van der Waals surface area contributed by atoms with Crippen molar-refractivity contribution in [1.29, 1.82) is 0 Å². The number of rotatable bonds is 6. The second kappa shape index (κ2) is 7.64. The van der Waals surface area contributed by atoms with Crippen LogP contribution >= 0.6 is 23.4 Å². The highest BCUT2D eigenvalue weighted by Gasteiger charge is 1.97. The van der Waals surface area contributed by atoms with Gasteiger partial charge in [-0.15, -0.1) is 18.2 Å². The van der Waals surface area contributed by atoms with Crippen molar-refractivity contribution in [3.8, 4) is 12.3 Å². The lowest BCUT2D eigenvalue weighted by Crippen LogP contribution is -2.16. The van der Waals surface area contributed by atoms with E-state index in [4.69, 9.17) is 18.0 Å². The fraction of sp³-hybridized carbons (Fsp3) is 0.333. The minimum atomic E-state index is 0.785. The monoisotopic (exact) mass is 239 g/mol. The highest BCUT2D eigenvalue weighted by molar-refractivity contribution is 7.99. The molecule has 1 aromatic carbocycles. The summed E-state index contributed by atoms with van der Waals surface area (Å²) in [5.41, 5.74) is 1.14. The third kappa shape index (κ3) is 5.13. The number of hydrogen-bond donors (Lipinski definition) is 1. The van der Waals surface area contributed by atoms with Gasteiger partial charge in [0.05, 0.1) is 5.75 Å². The fourth-order valence-electron chi connectivity index (χ4n) is 1.14. The smallest absolute Gasteiger partial charge is 0.0545 e. The van der Waals surface area contributed by atoms with Crippen molar-refractivity contribution in [2.24, 2.45) is 0 Å². The van der Waals surface area contributed by atoms with E-state index in [0.717, 1.165) is 35.2 Å². The van der Waals surface area contributed by atoms with E-state index < -0.39 is 0 Å². The van der Waals surface area contributed by atoms with Gasteiger partial charge in [-0.25, -0.2) is 0 Å². The quantitative estimate of drug-likeness (QED) is 0.605. The van der Waals surface area contributed by atoms with Gasteiger partial charge >= 0.3 is 0 Å². The first kappa shape index (κ1) is 12.4. The molecule has 1 aromatic rings. The molecule has 80 valence electrons. The zero-order valence-electron chi connectivity index (χ0n) is 8.50. The van der Waals surface area contributed by atoms with E-state index in [1.807, 2.05) is 24.3 Å². The van der Waals surface area contributed by atoms with Crippen molar-refractivity contribution in [2.45, 2.75) is 6.54 Å². The zero-order valence-corrected chi connectivity index (χ0v) is 10.1. The number of thioether (sulfide) groups is 1. The molecule has 15 heavy (non-hydrogen) atoms. The minimum Gasteiger partial charge on any atom is -0.312 e. The van der Waals surface area contributed by atoms with Crippen LogP contribution in [0, 0.1) is 12.3 Å². The Labute approximate surface area is 101 Å². The number of terminal acetylenes is 1. The lowest BCUT2D eigenvalue weighted by Gasteiger charge is -2.05. The van der Waals surface area contributed by atoms with Crippen LogP contribution in [0.5, 0.6) is 0 Å². The molecule has 0 bridgehead atoms. The van der Waals surface area contributed by atoms with Crippen LogP contribution < -0.4 is 5.32 Å². The van der Waals surface area contributed by atoms with Crippen LogP contribution in [0.25, 0.3) is 0 Å². The van der Waals surface area contributed by atoms with E-state index in [9.17, 15) is 0 Å². The number of halogens is 1. The molecule has 0 spiro atoms. The van der Waals surface area contributed by atoms with E-state index >= 15 is 0 Å². The normalized spacial score (nSPS) is 9.87. The molecule has 0 atom stereocenters. The summed E-state index contributed by atoms with van der Waals surface area (Å²) in [6.45, 7) is 1.77. The summed E-state index contributed by atoms with van der Waals surface area (Å²) < 4.78 is 0. The first-order chi connectivity index (χ1) is 7.34. The highest BCUT2D eigenvalue weighted by Crippen LogP contribution is 2.14. The molecule has 0 unspecified atom stereocenters. The van der Waals surface area contributed by atoms with E-state index in [2.05, 4.69) is 11.2 Å². The largest absolute Gasteiger partial charge is 0.312 e. The van der Waals surface area contributed by atoms with Gasteiger partial charge in [-0.1, -0.05) is 35.7 Å². The molecule has 0 aliphatic heterocycles. The first-order valence-electron chi connectivity index (χ1n) is 4.80. The van der Waals surface area contributed by atoms with Gasteiger partial charge in [-0.3, -0.25) is 0 Å². The molecule has 0 aliphatic rings. The lowest BCUT2D eigenvalue weighted by atomic mass is 10.2. The average Bonchev–Trinajstić information content (AvgIpc) is 2.25. The van der Waals surface area contributed by atoms with Gasteiger partial charge in [-0.2, -0.15) is 0 Å². The lowest BCUT2D eigenvalue weighted by molar-refractivity contribution is 0.732. The molecule has 0 saturated heterocycles. The van der Waals surface area contributed by atoms with Crippen LogP contribution in [0.2, 0.25) is 5.02 Å². The Morgan fingerprint density at radius 1 is 1.40 bits per heavy atom. The van der Waals surface area contributed by atoms with Gasteiger partial charge in [0.2, 0.25) is 0 Å². The van der Waals surface area contributed by atoms with Crippen molar-refractivity contribution < 1.29 is 0 Å². The number of hydrogen-bond acceptors (Lipinski definition) is 2. The maximum atomic E-state index is 6.02. The number of nitrogens with one attached hydrogen (secondary N) is 1. The molecular formula is C12H14ClNS. The predicted molar refractivity (Wildman–Crippen MR) is 69.3 cm³/mol. The minimum absolute atomic E-state index is 0.785. The summed E-state index contributed by atoms with van der Waals surface area (Å²) in [6.07, 6.45) is 5.15. The van der Waals surface area contributed by atoms with Gasteiger partial charge < -0.3 is 5.32 Å². The van der Waals surface area contributed by atoms with Crippen LogP contribution in [-0.2, 0) is 6.54 Å². The van der Waals surface area contributed by atoms with Crippen molar-refractivity contribution in [3.63, 3.8) is 0 Å². The van der Waals surface area contributed by atoms with Gasteiger partial charge in [0.1, 0.15) is 0 Å². The summed E-state index contributed by atoms with van der Waals surface area (Å²) in [7, 11) is 0. The van der Waals surface area contributed by atoms with Gasteiger partial charge in [0, 0.05) is 23.9 Å². The molecule has 0 aromatic heterocycles. The van der Waals surface area contributed by atoms with Crippen LogP contribution in [0.3, 0.4) is 0 Å². The Kier molecular flexibility index (Phi) is 6.34. The van der Waals surface area contributed by atoms with E-state index in [1.54, 1.807) is 11.8 Å². The van der Waals surface area contributed by atoms with Crippen molar-refractivity contribution in [2.75, 3.05) is 18.1 Å². The Balaban J connectivity index is 2.16. The summed E-state index contributed by atoms with van der Waals surface area (Å²) in [5, 5.41) is 4.15. The molecule has 1 N–H and O–H groups in total. The molecule has 3 heteroatoms. The average molecular weight is 240 g/mol. The molecule has 1 nitrogen and oxygen atoms in total. The molecule has 0 amide bonds. The summed E-state index contributed by atoms with van der Waals surface area (Å²) in [5.74, 6) is 4.42. The van der Waals surface area contributed by atoms with E-state index in [0.29, 0.717) is 0 Å². The van der Waals surface area contributed by atoms with E-state index in [1.165, 1.54) is 0 Å². The second-order valence-electron chi connectivity index (χ2n) is 3.02. The standard InChI is InChI=1S/C12H14ClNS/c1-2-8-15-9-7-14-10-11-5-3-4-6-12(11)13/h1,3-6,14H,7-10H2. The molecule has 0 heterocycles. The van der Waals surface area contributed by atoms with Crippen molar-refractivity contribution >= 4 is 23.4 Å². The summed E-state index contributed by atoms with van der Waals surface area (Å²) in [6, 6.07) is 7.88. The van der Waals surface area contributed by atoms with Crippen LogP contribution in [-0.4, -0.2) is 18.1 Å². The molecule has 0 fully saturated rings. The SMILES string of the molecule is C#CCSCCNCc1ccccc1Cl. The Morgan fingerprint density at radius 2 is 2.20 bits per heavy atom. The molecule has 0 aliphatic carbocycles. The van der Waals surface area contributed by atoms with Crippen LogP contribution in [0.15, 0.2) is 24.3 Å². The Morgan fingerprint density at radius 3 is 2.93 bits per heavy atom.